The van der Waals surface area contributed by atoms with Gasteiger partial charge < -0.3 is 25.0 Å². The molecular formula is C26H30BrN8OP. The lowest BCUT2D eigenvalue weighted by Crippen LogP contribution is -2.44. The van der Waals surface area contributed by atoms with Crippen LogP contribution in [0.3, 0.4) is 0 Å². The van der Waals surface area contributed by atoms with Gasteiger partial charge in [-0.2, -0.15) is 4.98 Å². The lowest BCUT2D eigenvalue weighted by Gasteiger charge is -2.35. The number of nitrogens with one attached hydrogen (secondary N) is 2. The van der Waals surface area contributed by atoms with Crippen LogP contribution in [0.2, 0.25) is 0 Å². The van der Waals surface area contributed by atoms with Gasteiger partial charge in [0.05, 0.1) is 21.0 Å². The van der Waals surface area contributed by atoms with Crippen LogP contribution < -0.4 is 20.8 Å². The van der Waals surface area contributed by atoms with Gasteiger partial charge in [-0.1, -0.05) is 0 Å². The number of hydrogen-bond acceptors (Lipinski definition) is 9. The number of aromatic nitrogens is 4. The highest BCUT2D eigenvalue weighted by Gasteiger charge is 2.22. The van der Waals surface area contributed by atoms with Crippen LogP contribution in [0.25, 0.3) is 11.0 Å². The topological polar surface area (TPSA) is 99.2 Å². The summed E-state index contributed by atoms with van der Waals surface area (Å²) in [6.07, 6.45) is 4.94. The lowest BCUT2D eigenvalue weighted by atomic mass is 10.1. The first-order valence-corrected chi connectivity index (χ1v) is 15.5. The largest absolute Gasteiger partial charge is 0.369 e. The number of halogens is 1. The van der Waals surface area contributed by atoms with Crippen molar-refractivity contribution in [1.82, 2.24) is 24.8 Å². The summed E-state index contributed by atoms with van der Waals surface area (Å²) >= 11 is 3.55. The summed E-state index contributed by atoms with van der Waals surface area (Å²) in [5, 5.41) is 7.31. The third kappa shape index (κ3) is 5.61. The summed E-state index contributed by atoms with van der Waals surface area (Å²) in [6, 6.07) is 10.1. The Balaban J connectivity index is 1.41. The molecule has 0 spiro atoms. The molecule has 1 saturated heterocycles. The maximum atomic E-state index is 13.3. The number of anilines is 5. The van der Waals surface area contributed by atoms with Gasteiger partial charge in [0.25, 0.3) is 0 Å². The first kappa shape index (κ1) is 25.6. The number of hydrogen-bond donors (Lipinski definition) is 2. The van der Waals surface area contributed by atoms with Crippen molar-refractivity contribution >= 4 is 68.2 Å². The van der Waals surface area contributed by atoms with Crippen molar-refractivity contribution < 1.29 is 4.57 Å². The zero-order valence-electron chi connectivity index (χ0n) is 21.4. The molecule has 1 aliphatic rings. The molecule has 0 aliphatic carbocycles. The van der Waals surface area contributed by atoms with Crippen LogP contribution >= 0.6 is 23.1 Å². The Morgan fingerprint density at radius 3 is 2.46 bits per heavy atom. The lowest BCUT2D eigenvalue weighted by molar-refractivity contribution is 0.312. The standard InChI is InChI=1S/C26H30BrN8OP/c1-17-15-18(5-8-22(17)35-13-11-34(2)12-14-35)31-26-30-16-19(27)25(33-26)32-21-7-6-20-23(29-10-9-28-20)24(21)37(3,4)36/h5-10,15-16H,11-14H2,1-4H3,(H2,30,31,32,33). The SMILES string of the molecule is Cc1cc(Nc2ncc(Br)c(Nc3ccc4nccnc4c3P(C)(C)=O)n2)ccc1N1CCN(C)CC1. The Morgan fingerprint density at radius 2 is 1.73 bits per heavy atom. The summed E-state index contributed by atoms with van der Waals surface area (Å²) in [5.41, 5.74) is 5.38. The van der Waals surface area contributed by atoms with Crippen molar-refractivity contribution in [3.63, 3.8) is 0 Å². The molecule has 3 heterocycles. The van der Waals surface area contributed by atoms with E-state index in [1.165, 1.54) is 11.3 Å². The summed E-state index contributed by atoms with van der Waals surface area (Å²) in [5.74, 6) is 1.01. The minimum atomic E-state index is -2.69. The Morgan fingerprint density at radius 1 is 0.973 bits per heavy atom. The zero-order valence-corrected chi connectivity index (χ0v) is 23.8. The van der Waals surface area contributed by atoms with Gasteiger partial charge in [-0.3, -0.25) is 9.97 Å². The smallest absolute Gasteiger partial charge is 0.229 e. The van der Waals surface area contributed by atoms with E-state index in [4.69, 9.17) is 4.98 Å². The molecule has 0 unspecified atom stereocenters. The number of rotatable bonds is 6. The number of fused-ring (bicyclic) bond motifs is 1. The fraction of sp³-hybridized carbons (Fsp3) is 0.308. The van der Waals surface area contributed by atoms with Gasteiger partial charge in [0, 0.05) is 56.1 Å². The fourth-order valence-corrected chi connectivity index (χ4v) is 6.26. The minimum absolute atomic E-state index is 0.454. The highest BCUT2D eigenvalue weighted by Crippen LogP contribution is 2.41. The molecule has 4 aromatic rings. The second-order valence-corrected chi connectivity index (χ2v) is 13.7. The first-order chi connectivity index (χ1) is 17.7. The van der Waals surface area contributed by atoms with Gasteiger partial charge in [0.1, 0.15) is 18.5 Å². The maximum Gasteiger partial charge on any atom is 0.229 e. The summed E-state index contributed by atoms with van der Waals surface area (Å²) in [6.45, 7) is 9.79. The predicted octanol–water partition coefficient (Wildman–Crippen LogP) is 4.98. The van der Waals surface area contributed by atoms with Crippen LogP contribution in [-0.2, 0) is 4.57 Å². The summed E-state index contributed by atoms with van der Waals surface area (Å²) in [7, 11) is -0.528. The van der Waals surface area contributed by atoms with Crippen LogP contribution in [0.15, 0.2) is 53.4 Å². The summed E-state index contributed by atoms with van der Waals surface area (Å²) in [4.78, 5) is 22.8. The Hall–Kier alpha value is -3.07. The monoisotopic (exact) mass is 580 g/mol. The fourth-order valence-electron chi connectivity index (χ4n) is 4.57. The van der Waals surface area contributed by atoms with Crippen LogP contribution in [-0.4, -0.2) is 71.4 Å². The van der Waals surface area contributed by atoms with E-state index in [0.717, 1.165) is 31.9 Å². The number of aryl methyl sites for hydroxylation is 1. The third-order valence-corrected chi connectivity index (χ3v) is 8.56. The van der Waals surface area contributed by atoms with Crippen LogP contribution in [0.5, 0.6) is 0 Å². The molecule has 5 rings (SSSR count). The maximum absolute atomic E-state index is 13.3. The molecule has 2 aromatic heterocycles. The van der Waals surface area contributed by atoms with Crippen molar-refractivity contribution in [2.75, 3.05) is 62.1 Å². The number of piperazine rings is 1. The molecule has 0 amide bonds. The second kappa shape index (κ2) is 10.4. The zero-order chi connectivity index (χ0) is 26.2. The molecule has 9 nitrogen and oxygen atoms in total. The second-order valence-electron chi connectivity index (χ2n) is 9.67. The molecule has 0 atom stereocenters. The highest BCUT2D eigenvalue weighted by molar-refractivity contribution is 9.10. The van der Waals surface area contributed by atoms with E-state index in [-0.39, 0.29) is 0 Å². The quantitative estimate of drug-likeness (QED) is 0.306. The van der Waals surface area contributed by atoms with Crippen molar-refractivity contribution in [3.05, 3.63) is 59.0 Å². The van der Waals surface area contributed by atoms with Crippen LogP contribution in [0.1, 0.15) is 5.56 Å². The van der Waals surface area contributed by atoms with E-state index in [0.29, 0.717) is 38.3 Å². The highest BCUT2D eigenvalue weighted by atomic mass is 79.9. The van der Waals surface area contributed by atoms with Crippen molar-refractivity contribution in [2.24, 2.45) is 0 Å². The Bertz CT molecular complexity index is 1500. The van der Waals surface area contributed by atoms with Gasteiger partial charge in [-0.05, 0) is 79.1 Å². The minimum Gasteiger partial charge on any atom is -0.369 e. The average Bonchev–Trinajstić information content (AvgIpc) is 2.86. The normalized spacial score (nSPS) is 14.7. The van der Waals surface area contributed by atoms with Gasteiger partial charge in [0.15, 0.2) is 0 Å². The first-order valence-electron chi connectivity index (χ1n) is 12.1. The van der Waals surface area contributed by atoms with Crippen LogP contribution in [0, 0.1) is 6.92 Å². The van der Waals surface area contributed by atoms with Gasteiger partial charge >= 0.3 is 0 Å². The summed E-state index contributed by atoms with van der Waals surface area (Å²) < 4.78 is 13.9. The molecule has 1 fully saturated rings. The molecule has 1 aliphatic heterocycles. The molecular weight excluding hydrogens is 551 g/mol. The van der Waals surface area contributed by atoms with E-state index in [2.05, 4.69) is 83.5 Å². The predicted molar refractivity (Wildman–Crippen MR) is 156 cm³/mol. The van der Waals surface area contributed by atoms with E-state index in [1.54, 1.807) is 31.9 Å². The molecule has 2 aromatic carbocycles. The van der Waals surface area contributed by atoms with Crippen LogP contribution in [0.4, 0.5) is 28.8 Å². The van der Waals surface area contributed by atoms with Gasteiger partial charge in [-0.15, -0.1) is 0 Å². The number of nitrogens with zero attached hydrogens (tertiary/aromatic N) is 6. The third-order valence-electron chi connectivity index (χ3n) is 6.45. The number of likely N-dealkylation sites (N-methyl/N-ethyl adjacent to an activating group) is 1. The van der Waals surface area contributed by atoms with E-state index < -0.39 is 7.14 Å². The molecule has 0 bridgehead atoms. The molecule has 37 heavy (non-hydrogen) atoms. The van der Waals surface area contributed by atoms with E-state index >= 15 is 0 Å². The van der Waals surface area contributed by atoms with Crippen molar-refractivity contribution in [1.29, 1.82) is 0 Å². The molecule has 0 saturated carbocycles. The Labute approximate surface area is 225 Å². The van der Waals surface area contributed by atoms with Crippen molar-refractivity contribution in [3.8, 4) is 0 Å². The average molecular weight is 581 g/mol. The molecule has 2 N–H and O–H groups in total. The molecule has 0 radical (unpaired) electrons. The molecule has 11 heteroatoms. The van der Waals surface area contributed by atoms with Gasteiger partial charge in [0.2, 0.25) is 5.95 Å². The van der Waals surface area contributed by atoms with E-state index in [1.807, 2.05) is 12.1 Å². The number of benzene rings is 2. The van der Waals surface area contributed by atoms with Crippen molar-refractivity contribution in [2.45, 2.75) is 6.92 Å². The van der Waals surface area contributed by atoms with Gasteiger partial charge in [-0.25, -0.2) is 4.98 Å². The Kier molecular flexibility index (Phi) is 7.16. The molecule has 192 valence electrons. The van der Waals surface area contributed by atoms with E-state index in [9.17, 15) is 4.57 Å².